The van der Waals surface area contributed by atoms with Crippen LogP contribution in [-0.2, 0) is 26.3 Å². The number of nitrogens with one attached hydrogen (secondary N) is 1. The maximum Gasteiger partial charge on any atom is 0.431 e. The van der Waals surface area contributed by atoms with Crippen LogP contribution < -0.4 is 38.6 Å². The minimum atomic E-state index is -4.66. The molecule has 0 spiro atoms. The Morgan fingerprint density at radius 1 is 0.545 bits per heavy atom. The van der Waals surface area contributed by atoms with Crippen LogP contribution in [0.3, 0.4) is 0 Å². The van der Waals surface area contributed by atoms with E-state index in [2.05, 4.69) is 142 Å². The van der Waals surface area contributed by atoms with E-state index in [0.717, 1.165) is 62.7 Å². The second kappa shape index (κ2) is 37.2. The summed E-state index contributed by atoms with van der Waals surface area (Å²) in [6, 6.07) is 40.3. The average molecular weight is 1830 g/mol. The van der Waals surface area contributed by atoms with E-state index in [9.17, 15) is 49.2 Å². The van der Waals surface area contributed by atoms with Crippen LogP contribution in [0.15, 0.2) is 183 Å². The topological polar surface area (TPSA) is 262 Å². The van der Waals surface area contributed by atoms with Gasteiger partial charge in [0.2, 0.25) is 53.1 Å². The number of halogens is 14. The molecule has 0 saturated carbocycles. The molecule has 0 saturated heterocycles. The molecule has 23 nitrogen and oxygen atoms in total. The molecule has 0 unspecified atom stereocenters. The van der Waals surface area contributed by atoms with Crippen molar-refractivity contribution in [3.8, 4) is 70.2 Å². The molecule has 0 bridgehead atoms. The van der Waals surface area contributed by atoms with Crippen LogP contribution in [0.5, 0.6) is 64.2 Å². The van der Waals surface area contributed by atoms with E-state index < -0.39 is 65.1 Å². The molecule has 12 heterocycles. The average Bonchev–Trinajstić information content (AvgIpc) is 1.75. The summed E-state index contributed by atoms with van der Waals surface area (Å²) < 4.78 is 156. The van der Waals surface area contributed by atoms with Crippen LogP contribution in [0.2, 0.25) is 0 Å². The van der Waals surface area contributed by atoms with Gasteiger partial charge in [0.25, 0.3) is 11.9 Å². The van der Waals surface area contributed by atoms with Gasteiger partial charge in [0.05, 0.1) is 17.8 Å². The van der Waals surface area contributed by atoms with Crippen molar-refractivity contribution in [1.29, 1.82) is 5.26 Å². The first-order valence-corrected chi connectivity index (χ1v) is 30.6. The Morgan fingerprint density at radius 3 is 1.46 bits per heavy atom. The molecule has 1 aromatic carbocycles. The summed E-state index contributed by atoms with van der Waals surface area (Å²) >= 11 is 12.4. The number of aromatic nitrogens is 12. The molecule has 2 aliphatic heterocycles. The van der Waals surface area contributed by atoms with Crippen molar-refractivity contribution < 1.29 is 92.8 Å². The molecule has 101 heavy (non-hydrogen) atoms. The van der Waals surface area contributed by atoms with Gasteiger partial charge in [-0.25, -0.2) is 15.0 Å². The molecule has 13 rings (SSSR count). The van der Waals surface area contributed by atoms with Crippen molar-refractivity contribution in [1.82, 2.24) is 70.1 Å². The molecule has 0 atom stereocenters. The molecule has 0 amide bonds. The standard InChI is InChI=1S/C15H14N5.C14H5F5N4O2.C14H10F2N4O2.C10H5BrF2N2O.C5H3Br2N.C5H3BrFNO.Ir/c1-17-3-5-19(11-17)14-7-13(10-16)8-15(9-14)20-6-4-18(2)12-20;15-9-5-4-7(13(16)20-9)24-10-2-1-3-11(21-10)25-12-6-8(22-23-12)14(17,18)19;1-8-7-13(20-19-8)22-12-4-2-3-11(18-12)21-9-5-6-10(15)17-14(9)16;11-7-2-1-3-9(14-7)16-6-4-5-8(12)15-10(6)13;6-4-2-1-3-5(7)8-4;6-5-3(9)1-2-4(7)8-5;/h3-8,11-12H,1-2H3;1-3,5-6H;2-7H,1H3,(H,19,20);1-5H;1-3H;1-2,9H;/q-3;-2;;;;;. The van der Waals surface area contributed by atoms with Gasteiger partial charge in [-0.05, 0) is 170 Å². The zero-order valence-corrected chi connectivity index (χ0v) is 59.8. The van der Waals surface area contributed by atoms with Gasteiger partial charge in [0, 0.05) is 68.1 Å². The normalized spacial score (nSPS) is 11.7. The van der Waals surface area contributed by atoms with E-state index in [4.69, 9.17) is 28.8 Å². The Hall–Kier alpha value is -10.3. The summed E-state index contributed by atoms with van der Waals surface area (Å²) in [7, 11) is 3.91. The first-order valence-electron chi connectivity index (χ1n) is 27.5. The zero-order chi connectivity index (χ0) is 72.0. The van der Waals surface area contributed by atoms with Crippen LogP contribution in [0.25, 0.3) is 0 Å². The van der Waals surface area contributed by atoms with Crippen molar-refractivity contribution in [2.75, 3.05) is 23.9 Å². The van der Waals surface area contributed by atoms with Crippen molar-refractivity contribution in [2.45, 2.75) is 13.1 Å². The van der Waals surface area contributed by atoms with E-state index in [1.165, 1.54) is 30.3 Å². The Balaban J connectivity index is 0.000000176. The third-order valence-corrected chi connectivity index (χ3v) is 13.4. The number of nitrogens with zero attached hydrogens (tertiary/aromatic N) is 16. The summed E-state index contributed by atoms with van der Waals surface area (Å²) in [4.78, 5) is 35.8. The third-order valence-electron chi connectivity index (χ3n) is 11.4. The molecular formula is C63H40Br4F10IrN17O6-5. The number of alkyl halides is 3. The van der Waals surface area contributed by atoms with Crippen LogP contribution in [0.4, 0.5) is 55.3 Å². The Bertz CT molecular complexity index is 4640. The van der Waals surface area contributed by atoms with E-state index in [0.29, 0.717) is 22.1 Å². The van der Waals surface area contributed by atoms with Crippen molar-refractivity contribution >= 4 is 75.1 Å². The van der Waals surface area contributed by atoms with Gasteiger partial charge in [0.1, 0.15) is 31.2 Å². The fourth-order valence-corrected chi connectivity index (χ4v) is 8.72. The van der Waals surface area contributed by atoms with Gasteiger partial charge in [-0.2, -0.15) is 73.7 Å². The number of aromatic amines is 1. The Kier molecular flexibility index (Phi) is 28.7. The molecular weight excluding hydrogens is 1790 g/mol. The number of hydrogen-bond acceptors (Lipinski definition) is 21. The number of anilines is 2. The minimum Gasteiger partial charge on any atom is -0.544 e. The first kappa shape index (κ1) is 78.0. The molecule has 0 aliphatic carbocycles. The van der Waals surface area contributed by atoms with Crippen LogP contribution in [-0.4, -0.2) is 84.2 Å². The second-order valence-corrected chi connectivity index (χ2v) is 22.2. The predicted octanol–water partition coefficient (Wildman–Crippen LogP) is 16.5. The molecule has 11 aromatic rings. The molecule has 2 aliphatic rings. The maximum absolute atomic E-state index is 13.4. The van der Waals surface area contributed by atoms with Gasteiger partial charge in [-0.1, -0.05) is 29.8 Å². The van der Waals surface area contributed by atoms with E-state index >= 15 is 0 Å². The number of rotatable bonds is 12. The second-order valence-electron chi connectivity index (χ2n) is 19.0. The van der Waals surface area contributed by atoms with Crippen molar-refractivity contribution in [3.63, 3.8) is 0 Å². The van der Waals surface area contributed by atoms with Gasteiger partial charge >= 0.3 is 6.18 Å². The number of pyridine rings is 8. The van der Waals surface area contributed by atoms with Crippen LogP contribution in [0, 0.1) is 85.4 Å². The van der Waals surface area contributed by atoms with Crippen LogP contribution in [0.1, 0.15) is 17.0 Å². The zero-order valence-electron chi connectivity index (χ0n) is 51.0. The van der Waals surface area contributed by atoms with Gasteiger partial charge in [0.15, 0.2) is 16.1 Å². The number of benzene rings is 1. The van der Waals surface area contributed by atoms with Gasteiger partial charge in [-0.3, -0.25) is 13.9 Å². The van der Waals surface area contributed by atoms with Crippen LogP contribution >= 0.6 is 63.7 Å². The van der Waals surface area contributed by atoms with Crippen molar-refractivity contribution in [3.05, 3.63) is 267 Å². The largest absolute Gasteiger partial charge is 0.544 e. The first-order chi connectivity index (χ1) is 47.7. The summed E-state index contributed by atoms with van der Waals surface area (Å²) in [5.41, 5.74) is 1.92. The fourth-order valence-electron chi connectivity index (χ4n) is 7.16. The number of ether oxygens (including phenoxy) is 5. The van der Waals surface area contributed by atoms with E-state index in [1.807, 2.05) is 109 Å². The van der Waals surface area contributed by atoms with E-state index in [-0.39, 0.29) is 71.4 Å². The predicted molar refractivity (Wildman–Crippen MR) is 349 cm³/mol. The molecule has 0 fully saturated rings. The monoisotopic (exact) mass is 1830 g/mol. The van der Waals surface area contributed by atoms with Gasteiger partial charge in [-0.15, -0.1) is 46.8 Å². The maximum atomic E-state index is 13.4. The summed E-state index contributed by atoms with van der Waals surface area (Å²) in [6.07, 6.45) is 3.11. The number of nitriles is 1. The number of H-pyrrole nitrogens is 1. The molecule has 1 radical (unpaired) electrons. The quantitative estimate of drug-likeness (QED) is 0.0654. The summed E-state index contributed by atoms with van der Waals surface area (Å²) in [5, 5.41) is 30.8. The SMILES string of the molecule is Brc1cccc(Br)n1.CN1C=CN(c2[c-]c(N3C=CN(C)[CH-]3)cc(C#N)c2)[CH-]1.Cc1cc(Oc2cccc(Oc3ccc(F)nc3F)n2)n[nH]1.Fc1c[c-]c(Oc2cccc(Oc3cc(C(F)(F)F)n[n-]3)n2)c(F)n1.Fc1ccc(Oc2cccc(Br)n2)c(F)n1.Oc1ccc(F)nc1Br.[Ir]. The molecule has 38 heteroatoms. The third kappa shape index (κ3) is 25.1. The van der Waals surface area contributed by atoms with E-state index in [1.54, 1.807) is 36.4 Å². The fraction of sp³-hybridized carbons (Fsp3) is 0.0635. The molecule has 10 aromatic heterocycles. The summed E-state index contributed by atoms with van der Waals surface area (Å²) in [6.45, 7) is 5.70. The summed E-state index contributed by atoms with van der Waals surface area (Å²) in [5.74, 6) is -7.77. The number of aromatic hydroxyl groups is 1. The van der Waals surface area contributed by atoms with Crippen molar-refractivity contribution in [2.24, 2.45) is 0 Å². The smallest absolute Gasteiger partial charge is 0.431 e. The Morgan fingerprint density at radius 2 is 1.02 bits per heavy atom. The number of aryl methyl sites for hydroxylation is 1. The molecule has 2 N–H and O–H groups in total. The number of hydrogen-bond donors (Lipinski definition) is 2. The Labute approximate surface area is 613 Å². The molecule has 525 valence electrons. The van der Waals surface area contributed by atoms with Gasteiger partial charge < -0.3 is 63.6 Å². The minimum absolute atomic E-state index is 0.